The van der Waals surface area contributed by atoms with E-state index in [4.69, 9.17) is 9.47 Å². The van der Waals surface area contributed by atoms with E-state index in [-0.39, 0.29) is 37.3 Å². The van der Waals surface area contributed by atoms with Gasteiger partial charge in [-0.3, -0.25) is 0 Å². The van der Waals surface area contributed by atoms with Crippen molar-refractivity contribution in [1.82, 2.24) is 0 Å². The van der Waals surface area contributed by atoms with Crippen LogP contribution in [-0.4, -0.2) is 35.0 Å². The lowest BCUT2D eigenvalue weighted by Gasteiger charge is -2.32. The van der Waals surface area contributed by atoms with Crippen molar-refractivity contribution in [3.8, 4) is 5.75 Å². The summed E-state index contributed by atoms with van der Waals surface area (Å²) in [7, 11) is 0. The molecule has 0 bridgehead atoms. The summed E-state index contributed by atoms with van der Waals surface area (Å²) in [6, 6.07) is 15.6. The van der Waals surface area contributed by atoms with Crippen LogP contribution in [0.2, 0.25) is 0 Å². The van der Waals surface area contributed by atoms with Gasteiger partial charge in [-0.05, 0) is 79.5 Å². The van der Waals surface area contributed by atoms with E-state index in [1.807, 2.05) is 49.4 Å². The van der Waals surface area contributed by atoms with Gasteiger partial charge in [0.15, 0.2) is 6.61 Å². The summed E-state index contributed by atoms with van der Waals surface area (Å²) in [5.74, 6) is 1.45. The number of benzene rings is 2. The summed E-state index contributed by atoms with van der Waals surface area (Å²) in [6.07, 6.45) is 3.52. The van der Waals surface area contributed by atoms with Gasteiger partial charge >= 0.3 is 5.97 Å². The largest absolute Gasteiger partial charge is 0.482 e. The normalized spacial score (nSPS) is 25.4. The maximum atomic E-state index is 12.2. The minimum Gasteiger partial charge on any atom is -0.482 e. The zero-order valence-electron chi connectivity index (χ0n) is 18.1. The lowest BCUT2D eigenvalue weighted by molar-refractivity contribution is -0.147. The number of esters is 1. The van der Waals surface area contributed by atoms with Crippen LogP contribution in [0.4, 0.5) is 0 Å². The van der Waals surface area contributed by atoms with Gasteiger partial charge in [0.25, 0.3) is 0 Å². The molecule has 0 aliphatic heterocycles. The molecule has 5 heteroatoms. The molecule has 5 nitrogen and oxygen atoms in total. The number of aliphatic hydroxyl groups is 2. The van der Waals surface area contributed by atoms with E-state index in [9.17, 15) is 15.0 Å². The fourth-order valence-corrected chi connectivity index (χ4v) is 5.29. The minimum atomic E-state index is -0.385. The molecule has 1 saturated carbocycles. The molecular formula is C26H32O5. The Balaban J connectivity index is 1.37. The third kappa shape index (κ3) is 5.28. The molecule has 0 radical (unpaired) electrons. The molecule has 4 unspecified atom stereocenters. The molecule has 2 aromatic rings. The summed E-state index contributed by atoms with van der Waals surface area (Å²) in [4.78, 5) is 12.2. The summed E-state index contributed by atoms with van der Waals surface area (Å²) in [6.45, 7) is 1.94. The Morgan fingerprint density at radius 2 is 1.94 bits per heavy atom. The zero-order valence-corrected chi connectivity index (χ0v) is 18.1. The van der Waals surface area contributed by atoms with Crippen molar-refractivity contribution in [1.29, 1.82) is 0 Å². The third-order valence-corrected chi connectivity index (χ3v) is 6.85. The molecule has 0 heterocycles. The van der Waals surface area contributed by atoms with Crippen LogP contribution in [0.5, 0.6) is 5.75 Å². The van der Waals surface area contributed by atoms with Gasteiger partial charge in [-0.25, -0.2) is 4.79 Å². The maximum Gasteiger partial charge on any atom is 0.344 e. The molecule has 2 N–H and O–H groups in total. The van der Waals surface area contributed by atoms with Crippen molar-refractivity contribution < 1.29 is 24.5 Å². The fraction of sp³-hybridized carbons (Fsp3) is 0.500. The van der Waals surface area contributed by atoms with Gasteiger partial charge in [0.1, 0.15) is 12.4 Å². The van der Waals surface area contributed by atoms with Crippen LogP contribution < -0.4 is 4.74 Å². The Bertz CT molecular complexity index is 879. The van der Waals surface area contributed by atoms with Crippen LogP contribution in [0, 0.1) is 17.8 Å². The van der Waals surface area contributed by atoms with Gasteiger partial charge in [0.2, 0.25) is 0 Å². The standard InChI is InChI=1S/C26H32O5/c1-17(27)10-11-21-22-12-19-8-5-9-25(23(19)13-20(22)14-24(21)28)30-16-26(29)31-15-18-6-3-2-4-7-18/h2-9,17,20-22,24,27-28H,10-16H2,1H3/t17?,20?,21?,22?,24-/m1/s1. The zero-order chi connectivity index (χ0) is 21.8. The van der Waals surface area contributed by atoms with E-state index in [0.29, 0.717) is 11.8 Å². The molecule has 1 fully saturated rings. The van der Waals surface area contributed by atoms with Crippen LogP contribution in [0.1, 0.15) is 42.9 Å². The van der Waals surface area contributed by atoms with Gasteiger partial charge in [0, 0.05) is 0 Å². The van der Waals surface area contributed by atoms with Crippen molar-refractivity contribution in [2.75, 3.05) is 6.61 Å². The van der Waals surface area contributed by atoms with Crippen molar-refractivity contribution in [2.24, 2.45) is 17.8 Å². The van der Waals surface area contributed by atoms with Gasteiger partial charge < -0.3 is 19.7 Å². The van der Waals surface area contributed by atoms with Gasteiger partial charge in [-0.1, -0.05) is 42.5 Å². The topological polar surface area (TPSA) is 76.0 Å². The number of rotatable bonds is 8. The van der Waals surface area contributed by atoms with Crippen molar-refractivity contribution in [3.63, 3.8) is 0 Å². The van der Waals surface area contributed by atoms with Crippen LogP contribution in [-0.2, 0) is 29.0 Å². The summed E-state index contributed by atoms with van der Waals surface area (Å²) in [5, 5.41) is 20.3. The predicted molar refractivity (Wildman–Crippen MR) is 118 cm³/mol. The second kappa shape index (κ2) is 9.84. The first kappa shape index (κ1) is 21.8. The van der Waals surface area contributed by atoms with E-state index in [2.05, 4.69) is 6.07 Å². The van der Waals surface area contributed by atoms with Gasteiger partial charge in [-0.15, -0.1) is 0 Å². The molecule has 2 aliphatic rings. The SMILES string of the molecule is CC(O)CCC1C2Cc3cccc(OCC(=O)OCc4ccccc4)c3CC2C[C@H]1O. The first-order chi connectivity index (χ1) is 15.0. The summed E-state index contributed by atoms with van der Waals surface area (Å²) in [5.41, 5.74) is 3.35. The Labute approximate surface area is 184 Å². The monoisotopic (exact) mass is 424 g/mol. The fourth-order valence-electron chi connectivity index (χ4n) is 5.29. The second-order valence-electron chi connectivity index (χ2n) is 9.05. The smallest absolute Gasteiger partial charge is 0.344 e. The van der Waals surface area contributed by atoms with E-state index < -0.39 is 0 Å². The molecule has 2 aliphatic carbocycles. The minimum absolute atomic E-state index is 0.114. The average Bonchev–Trinajstić information content (AvgIpc) is 3.07. The van der Waals surface area contributed by atoms with E-state index >= 15 is 0 Å². The van der Waals surface area contributed by atoms with Crippen molar-refractivity contribution in [2.45, 2.75) is 57.8 Å². The first-order valence-corrected chi connectivity index (χ1v) is 11.3. The molecule has 0 saturated heterocycles. The number of ether oxygens (including phenoxy) is 2. The molecule has 0 aromatic heterocycles. The Morgan fingerprint density at radius 3 is 2.71 bits per heavy atom. The Morgan fingerprint density at radius 1 is 1.13 bits per heavy atom. The highest BCUT2D eigenvalue weighted by Crippen LogP contribution is 2.48. The molecule has 0 spiro atoms. The lowest BCUT2D eigenvalue weighted by Crippen LogP contribution is -2.28. The van der Waals surface area contributed by atoms with Crippen molar-refractivity contribution >= 4 is 5.97 Å². The highest BCUT2D eigenvalue weighted by atomic mass is 16.6. The first-order valence-electron chi connectivity index (χ1n) is 11.3. The van der Waals surface area contributed by atoms with Crippen LogP contribution >= 0.6 is 0 Å². The lowest BCUT2D eigenvalue weighted by atomic mass is 9.73. The second-order valence-corrected chi connectivity index (χ2v) is 9.05. The van der Waals surface area contributed by atoms with Crippen LogP contribution in [0.3, 0.4) is 0 Å². The Kier molecular flexibility index (Phi) is 6.93. The highest BCUT2D eigenvalue weighted by Gasteiger charge is 2.44. The molecule has 0 amide bonds. The van der Waals surface area contributed by atoms with Crippen LogP contribution in [0.15, 0.2) is 48.5 Å². The summed E-state index contributed by atoms with van der Waals surface area (Å²) < 4.78 is 11.2. The number of aliphatic hydroxyl groups excluding tert-OH is 2. The molecular weight excluding hydrogens is 392 g/mol. The third-order valence-electron chi connectivity index (χ3n) is 6.85. The average molecular weight is 425 g/mol. The predicted octanol–water partition coefficient (Wildman–Crippen LogP) is 3.68. The van der Waals surface area contributed by atoms with E-state index in [0.717, 1.165) is 49.0 Å². The molecule has 5 atom stereocenters. The van der Waals surface area contributed by atoms with Gasteiger partial charge in [-0.2, -0.15) is 0 Å². The highest BCUT2D eigenvalue weighted by molar-refractivity contribution is 5.71. The Hall–Kier alpha value is -2.37. The maximum absolute atomic E-state index is 12.2. The van der Waals surface area contributed by atoms with Crippen molar-refractivity contribution in [3.05, 3.63) is 65.2 Å². The molecule has 166 valence electrons. The number of hydrogen-bond donors (Lipinski definition) is 2. The van der Waals surface area contributed by atoms with E-state index in [1.54, 1.807) is 0 Å². The summed E-state index contributed by atoms with van der Waals surface area (Å²) >= 11 is 0. The molecule has 2 aromatic carbocycles. The molecule has 31 heavy (non-hydrogen) atoms. The number of carbonyl (C=O) groups is 1. The van der Waals surface area contributed by atoms with Gasteiger partial charge in [0.05, 0.1) is 12.2 Å². The van der Waals surface area contributed by atoms with E-state index in [1.165, 1.54) is 5.56 Å². The molecule has 4 rings (SSSR count). The van der Waals surface area contributed by atoms with Crippen LogP contribution in [0.25, 0.3) is 0 Å². The number of fused-ring (bicyclic) bond motifs is 2. The number of hydrogen-bond acceptors (Lipinski definition) is 5. The quantitative estimate of drug-likeness (QED) is 0.632. The number of carbonyl (C=O) groups excluding carboxylic acids is 1.